The van der Waals surface area contributed by atoms with Crippen LogP contribution in [-0.2, 0) is 11.3 Å². The molecule has 0 spiro atoms. The number of nitro groups is 1. The van der Waals surface area contributed by atoms with Crippen molar-refractivity contribution in [2.75, 3.05) is 6.61 Å². The summed E-state index contributed by atoms with van der Waals surface area (Å²) >= 11 is 0. The van der Waals surface area contributed by atoms with Gasteiger partial charge in [0.2, 0.25) is 0 Å². The Morgan fingerprint density at radius 2 is 1.95 bits per heavy atom. The Hall–Kier alpha value is -2.76. The summed E-state index contributed by atoms with van der Waals surface area (Å²) < 4.78 is 7.10. The molecule has 0 N–H and O–H groups in total. The largest absolute Gasteiger partial charge is 0.462 e. The van der Waals surface area contributed by atoms with E-state index >= 15 is 0 Å². The number of hydrogen-bond acceptors (Lipinski definition) is 4. The van der Waals surface area contributed by atoms with Gasteiger partial charge in [0.05, 0.1) is 17.1 Å². The number of hydrogen-bond donors (Lipinski definition) is 0. The van der Waals surface area contributed by atoms with Crippen LogP contribution in [0.4, 0.5) is 5.69 Å². The Balaban J connectivity index is 1.82. The van der Waals surface area contributed by atoms with Gasteiger partial charge in [-0.05, 0) is 6.07 Å². The average Bonchev–Trinajstić information content (AvgIpc) is 2.52. The van der Waals surface area contributed by atoms with Gasteiger partial charge < -0.3 is 4.74 Å². The molecule has 1 aromatic heterocycles. The molecule has 0 aliphatic heterocycles. The molecule has 1 aromatic carbocycles. The number of ether oxygens (including phenoxy) is 1. The van der Waals surface area contributed by atoms with Gasteiger partial charge in [-0.1, -0.05) is 12.1 Å². The lowest BCUT2D eigenvalue weighted by Gasteiger charge is -2.03. The van der Waals surface area contributed by atoms with Crippen molar-refractivity contribution in [3.63, 3.8) is 0 Å². The minimum Gasteiger partial charge on any atom is -0.462 e. The third-order valence-electron chi connectivity index (χ3n) is 2.86. The topological polar surface area (TPSA) is 73.3 Å². The zero-order valence-electron chi connectivity index (χ0n) is 11.3. The van der Waals surface area contributed by atoms with Gasteiger partial charge in [-0.2, -0.15) is 0 Å². The van der Waals surface area contributed by atoms with Gasteiger partial charge in [-0.15, -0.1) is 0 Å². The van der Waals surface area contributed by atoms with Gasteiger partial charge in [0.25, 0.3) is 5.69 Å². The summed E-state index contributed by atoms with van der Waals surface area (Å²) in [5.74, 6) is -0.545. The van der Waals surface area contributed by atoms with E-state index in [1.54, 1.807) is 0 Å². The number of nitrogens with zero attached hydrogens (tertiary/aromatic N) is 2. The molecule has 0 radical (unpaired) electrons. The van der Waals surface area contributed by atoms with Crippen molar-refractivity contribution >= 4 is 11.7 Å². The van der Waals surface area contributed by atoms with E-state index in [0.717, 1.165) is 6.54 Å². The molecule has 21 heavy (non-hydrogen) atoms. The molecular formula is C15H15N2O4+. The molecule has 0 bridgehead atoms. The fourth-order valence-electron chi connectivity index (χ4n) is 1.83. The van der Waals surface area contributed by atoms with Gasteiger partial charge in [-0.3, -0.25) is 10.1 Å². The molecule has 2 aromatic rings. The average molecular weight is 287 g/mol. The summed E-state index contributed by atoms with van der Waals surface area (Å²) in [7, 11) is 0. The van der Waals surface area contributed by atoms with E-state index in [-0.39, 0.29) is 17.9 Å². The molecule has 0 saturated carbocycles. The lowest BCUT2D eigenvalue weighted by Crippen LogP contribution is -2.32. The van der Waals surface area contributed by atoms with Crippen molar-refractivity contribution in [2.24, 2.45) is 0 Å². The minimum absolute atomic E-state index is 0.121. The van der Waals surface area contributed by atoms with E-state index in [4.69, 9.17) is 4.74 Å². The maximum absolute atomic E-state index is 11.8. The predicted octanol–water partition coefficient (Wildman–Crippen LogP) is 2.13. The van der Waals surface area contributed by atoms with E-state index in [2.05, 4.69) is 0 Å². The summed E-state index contributed by atoms with van der Waals surface area (Å²) in [6.45, 7) is 1.01. The van der Waals surface area contributed by atoms with Crippen molar-refractivity contribution < 1.29 is 19.0 Å². The van der Waals surface area contributed by atoms with Gasteiger partial charge in [0.1, 0.15) is 0 Å². The molecular weight excluding hydrogens is 272 g/mol. The second-order valence-electron chi connectivity index (χ2n) is 4.41. The molecule has 2 rings (SSSR count). The normalized spacial score (nSPS) is 10.1. The first kappa shape index (κ1) is 14.6. The Morgan fingerprint density at radius 1 is 1.19 bits per heavy atom. The number of nitro benzene ring substituents is 1. The molecule has 0 aliphatic carbocycles. The third-order valence-corrected chi connectivity index (χ3v) is 2.86. The lowest BCUT2D eigenvalue weighted by atomic mass is 10.2. The van der Waals surface area contributed by atoms with Crippen molar-refractivity contribution in [3.05, 3.63) is 70.5 Å². The summed E-state index contributed by atoms with van der Waals surface area (Å²) in [5, 5.41) is 10.6. The van der Waals surface area contributed by atoms with Crippen molar-refractivity contribution in [1.82, 2.24) is 0 Å². The van der Waals surface area contributed by atoms with E-state index in [1.165, 1.54) is 24.3 Å². The van der Waals surface area contributed by atoms with Crippen LogP contribution in [-0.4, -0.2) is 17.5 Å². The number of carbonyl (C=O) groups excluding carboxylic acids is 1. The van der Waals surface area contributed by atoms with Crippen LogP contribution in [0.2, 0.25) is 0 Å². The zero-order chi connectivity index (χ0) is 15.1. The highest BCUT2D eigenvalue weighted by Gasteiger charge is 2.12. The monoisotopic (exact) mass is 287 g/mol. The maximum Gasteiger partial charge on any atom is 0.338 e. The summed E-state index contributed by atoms with van der Waals surface area (Å²) in [5.41, 5.74) is 0.0702. The molecule has 108 valence electrons. The summed E-state index contributed by atoms with van der Waals surface area (Å²) in [4.78, 5) is 21.9. The number of aromatic nitrogens is 1. The number of carbonyl (C=O) groups is 1. The van der Waals surface area contributed by atoms with E-state index in [1.807, 2.05) is 35.2 Å². The Morgan fingerprint density at radius 3 is 2.67 bits per heavy atom. The fourth-order valence-corrected chi connectivity index (χ4v) is 1.83. The van der Waals surface area contributed by atoms with Crippen LogP contribution >= 0.6 is 0 Å². The smallest absolute Gasteiger partial charge is 0.338 e. The van der Waals surface area contributed by atoms with Crippen LogP contribution in [0.3, 0.4) is 0 Å². The molecule has 0 aliphatic rings. The first-order chi connectivity index (χ1) is 10.2. The first-order valence-corrected chi connectivity index (χ1v) is 6.52. The van der Waals surface area contributed by atoms with Crippen LogP contribution in [0.15, 0.2) is 54.9 Å². The van der Waals surface area contributed by atoms with E-state index in [9.17, 15) is 14.9 Å². The predicted molar refractivity (Wildman–Crippen MR) is 74.6 cm³/mol. The van der Waals surface area contributed by atoms with Crippen LogP contribution in [0.1, 0.15) is 16.8 Å². The van der Waals surface area contributed by atoms with Crippen molar-refractivity contribution in [1.29, 1.82) is 0 Å². The SMILES string of the molecule is O=C(OCCC[n+]1ccccc1)c1cccc([N+](=O)[O-])c1. The maximum atomic E-state index is 11.8. The standard InChI is InChI=1S/C15H15N2O4/c18-15(13-6-4-7-14(12-13)17(19)20)21-11-5-10-16-8-2-1-3-9-16/h1-4,6-9,12H,5,10-11H2/q+1. The fraction of sp³-hybridized carbons (Fsp3) is 0.200. The van der Waals surface area contributed by atoms with Gasteiger partial charge in [0.15, 0.2) is 18.9 Å². The van der Waals surface area contributed by atoms with Gasteiger partial charge in [-0.25, -0.2) is 9.36 Å². The second-order valence-corrected chi connectivity index (χ2v) is 4.41. The number of esters is 1. The van der Waals surface area contributed by atoms with Crippen LogP contribution in [0, 0.1) is 10.1 Å². The van der Waals surface area contributed by atoms with Crippen molar-refractivity contribution in [2.45, 2.75) is 13.0 Å². The van der Waals surface area contributed by atoms with Crippen LogP contribution < -0.4 is 4.57 Å². The summed E-state index contributed by atoms with van der Waals surface area (Å²) in [6, 6.07) is 11.3. The van der Waals surface area contributed by atoms with Crippen LogP contribution in [0.25, 0.3) is 0 Å². The van der Waals surface area contributed by atoms with E-state index < -0.39 is 10.9 Å². The van der Waals surface area contributed by atoms with Crippen molar-refractivity contribution in [3.8, 4) is 0 Å². The number of benzene rings is 1. The number of aryl methyl sites for hydroxylation is 1. The summed E-state index contributed by atoms with van der Waals surface area (Å²) in [6.07, 6.45) is 4.54. The molecule has 6 heteroatoms. The minimum atomic E-state index is -0.545. The van der Waals surface area contributed by atoms with Gasteiger partial charge in [0, 0.05) is 30.7 Å². The highest BCUT2D eigenvalue weighted by molar-refractivity contribution is 5.90. The Kier molecular flexibility index (Phi) is 4.98. The molecule has 0 saturated heterocycles. The van der Waals surface area contributed by atoms with E-state index in [0.29, 0.717) is 6.42 Å². The van der Waals surface area contributed by atoms with Gasteiger partial charge >= 0.3 is 5.97 Å². The molecule has 1 heterocycles. The second kappa shape index (κ2) is 7.14. The zero-order valence-corrected chi connectivity index (χ0v) is 11.3. The molecule has 0 amide bonds. The molecule has 0 fully saturated rings. The highest BCUT2D eigenvalue weighted by Crippen LogP contribution is 2.13. The quantitative estimate of drug-likeness (QED) is 0.268. The number of non-ortho nitro benzene ring substituents is 1. The molecule has 6 nitrogen and oxygen atoms in total. The Labute approximate surface area is 121 Å². The Bertz CT molecular complexity index is 629. The number of rotatable bonds is 6. The first-order valence-electron chi connectivity index (χ1n) is 6.52. The molecule has 0 atom stereocenters. The highest BCUT2D eigenvalue weighted by atomic mass is 16.6. The van der Waals surface area contributed by atoms with Crippen LogP contribution in [0.5, 0.6) is 0 Å². The molecule has 0 unspecified atom stereocenters. The lowest BCUT2D eigenvalue weighted by molar-refractivity contribution is -0.697. The number of pyridine rings is 1. The third kappa shape index (κ3) is 4.38.